The molecule has 112 valence electrons. The second kappa shape index (κ2) is 8.45. The second-order valence-electron chi connectivity index (χ2n) is 5.03. The van der Waals surface area contributed by atoms with Gasteiger partial charge in [0.05, 0.1) is 19.8 Å². The quantitative estimate of drug-likeness (QED) is 0.757. The van der Waals surface area contributed by atoms with Gasteiger partial charge >= 0.3 is 0 Å². The predicted molar refractivity (Wildman–Crippen MR) is 83.4 cm³/mol. The van der Waals surface area contributed by atoms with Crippen molar-refractivity contribution in [2.75, 3.05) is 13.7 Å². The Hall–Kier alpha value is -1.84. The lowest BCUT2D eigenvalue weighted by Crippen LogP contribution is -2.13. The first kappa shape index (κ1) is 15.5. The highest BCUT2D eigenvalue weighted by atomic mass is 16.5. The molecule has 0 amide bonds. The third-order valence-corrected chi connectivity index (χ3v) is 3.34. The van der Waals surface area contributed by atoms with Crippen LogP contribution in [0.1, 0.15) is 17.5 Å². The summed E-state index contributed by atoms with van der Waals surface area (Å²) >= 11 is 0. The second-order valence-corrected chi connectivity index (χ2v) is 5.03. The van der Waals surface area contributed by atoms with Crippen molar-refractivity contribution in [2.45, 2.75) is 25.6 Å². The van der Waals surface area contributed by atoms with E-state index < -0.39 is 0 Å². The minimum absolute atomic E-state index is 0.358. The normalized spacial score (nSPS) is 12.1. The van der Waals surface area contributed by atoms with Crippen LogP contribution in [0.25, 0.3) is 0 Å². The van der Waals surface area contributed by atoms with Crippen LogP contribution in [-0.4, -0.2) is 24.9 Å². The lowest BCUT2D eigenvalue weighted by atomic mass is 10.1. The van der Waals surface area contributed by atoms with E-state index >= 15 is 0 Å². The SMILES string of the molecule is COc1ccc(COCCC(O)Cc2ccccc2)cc1. The van der Waals surface area contributed by atoms with Crippen LogP contribution in [0.5, 0.6) is 5.75 Å². The smallest absolute Gasteiger partial charge is 0.118 e. The van der Waals surface area contributed by atoms with E-state index in [0.717, 1.165) is 16.9 Å². The van der Waals surface area contributed by atoms with Crippen LogP contribution in [-0.2, 0) is 17.8 Å². The van der Waals surface area contributed by atoms with Crippen molar-refractivity contribution in [3.8, 4) is 5.75 Å². The molecule has 3 heteroatoms. The van der Waals surface area contributed by atoms with Crippen molar-refractivity contribution in [1.82, 2.24) is 0 Å². The fourth-order valence-corrected chi connectivity index (χ4v) is 2.12. The van der Waals surface area contributed by atoms with Gasteiger partial charge in [0.15, 0.2) is 0 Å². The zero-order chi connectivity index (χ0) is 14.9. The van der Waals surface area contributed by atoms with Gasteiger partial charge in [-0.3, -0.25) is 0 Å². The molecule has 0 bridgehead atoms. The number of methoxy groups -OCH3 is 1. The molecule has 1 unspecified atom stereocenters. The van der Waals surface area contributed by atoms with Gasteiger partial charge in [0.1, 0.15) is 5.75 Å². The highest BCUT2D eigenvalue weighted by Gasteiger charge is 2.05. The van der Waals surface area contributed by atoms with Gasteiger partial charge in [-0.1, -0.05) is 42.5 Å². The molecule has 2 aromatic carbocycles. The number of ether oxygens (including phenoxy) is 2. The van der Waals surface area contributed by atoms with E-state index in [1.54, 1.807) is 7.11 Å². The minimum atomic E-state index is -0.358. The van der Waals surface area contributed by atoms with E-state index in [1.165, 1.54) is 0 Å². The molecule has 0 fully saturated rings. The molecule has 0 aliphatic rings. The molecule has 2 rings (SSSR count). The molecule has 0 radical (unpaired) electrons. The standard InChI is InChI=1S/C18H22O3/c1-20-18-9-7-16(8-10-18)14-21-12-11-17(19)13-15-5-3-2-4-6-15/h2-10,17,19H,11-14H2,1H3. The molecule has 0 saturated heterocycles. The molecule has 0 aliphatic carbocycles. The Morgan fingerprint density at radius 2 is 1.67 bits per heavy atom. The van der Waals surface area contributed by atoms with Gasteiger partial charge in [0, 0.05) is 6.61 Å². The lowest BCUT2D eigenvalue weighted by Gasteiger charge is -2.11. The fraction of sp³-hybridized carbons (Fsp3) is 0.333. The molecule has 21 heavy (non-hydrogen) atoms. The molecule has 0 aliphatic heterocycles. The maximum absolute atomic E-state index is 9.97. The van der Waals surface area contributed by atoms with Crippen LogP contribution in [0.4, 0.5) is 0 Å². The van der Waals surface area contributed by atoms with Crippen LogP contribution in [0.15, 0.2) is 54.6 Å². The van der Waals surface area contributed by atoms with Gasteiger partial charge < -0.3 is 14.6 Å². The number of hydrogen-bond acceptors (Lipinski definition) is 3. The summed E-state index contributed by atoms with van der Waals surface area (Å²) in [4.78, 5) is 0. The molecule has 1 N–H and O–H groups in total. The molecule has 3 nitrogen and oxygen atoms in total. The monoisotopic (exact) mass is 286 g/mol. The average Bonchev–Trinajstić information content (AvgIpc) is 2.53. The van der Waals surface area contributed by atoms with Gasteiger partial charge in [-0.05, 0) is 36.1 Å². The van der Waals surface area contributed by atoms with Crippen molar-refractivity contribution >= 4 is 0 Å². The third-order valence-electron chi connectivity index (χ3n) is 3.34. The first-order valence-corrected chi connectivity index (χ1v) is 7.20. The highest BCUT2D eigenvalue weighted by Crippen LogP contribution is 2.12. The predicted octanol–water partition coefficient (Wildman–Crippen LogP) is 3.21. The van der Waals surface area contributed by atoms with E-state index in [2.05, 4.69) is 0 Å². The largest absolute Gasteiger partial charge is 0.497 e. The summed E-state index contributed by atoms with van der Waals surface area (Å²) < 4.78 is 10.7. The maximum Gasteiger partial charge on any atom is 0.118 e. The first-order valence-electron chi connectivity index (χ1n) is 7.20. The molecule has 0 heterocycles. The number of hydrogen-bond donors (Lipinski definition) is 1. The molecule has 0 saturated carbocycles. The Kier molecular flexibility index (Phi) is 6.25. The summed E-state index contributed by atoms with van der Waals surface area (Å²) in [6.07, 6.45) is 0.959. The number of benzene rings is 2. The summed E-state index contributed by atoms with van der Waals surface area (Å²) in [6.45, 7) is 1.11. The van der Waals surface area contributed by atoms with Crippen molar-refractivity contribution in [3.63, 3.8) is 0 Å². The summed E-state index contributed by atoms with van der Waals surface area (Å²) in [7, 11) is 1.65. The third kappa shape index (κ3) is 5.58. The molecular weight excluding hydrogens is 264 g/mol. The Morgan fingerprint density at radius 1 is 0.952 bits per heavy atom. The topological polar surface area (TPSA) is 38.7 Å². The number of aliphatic hydroxyl groups is 1. The van der Waals surface area contributed by atoms with Crippen LogP contribution < -0.4 is 4.74 Å². The molecule has 0 aromatic heterocycles. The zero-order valence-corrected chi connectivity index (χ0v) is 12.4. The van der Waals surface area contributed by atoms with Crippen LogP contribution in [0.2, 0.25) is 0 Å². The van der Waals surface area contributed by atoms with Crippen molar-refractivity contribution in [1.29, 1.82) is 0 Å². The number of aliphatic hydroxyl groups excluding tert-OH is 1. The molecule has 1 atom stereocenters. The van der Waals surface area contributed by atoms with Crippen molar-refractivity contribution in [2.24, 2.45) is 0 Å². The summed E-state index contributed by atoms with van der Waals surface area (Å²) in [5, 5.41) is 9.97. The Labute approximate surface area is 126 Å². The van der Waals surface area contributed by atoms with Gasteiger partial charge in [0.2, 0.25) is 0 Å². The summed E-state index contributed by atoms with van der Waals surface area (Å²) in [5.74, 6) is 0.844. The van der Waals surface area contributed by atoms with Gasteiger partial charge in [0.25, 0.3) is 0 Å². The van der Waals surface area contributed by atoms with E-state index in [4.69, 9.17) is 9.47 Å². The van der Waals surface area contributed by atoms with Crippen molar-refractivity contribution < 1.29 is 14.6 Å². The Morgan fingerprint density at radius 3 is 2.33 bits per heavy atom. The molecular formula is C18H22O3. The molecule has 2 aromatic rings. The minimum Gasteiger partial charge on any atom is -0.497 e. The van der Waals surface area contributed by atoms with Crippen LogP contribution >= 0.6 is 0 Å². The van der Waals surface area contributed by atoms with Gasteiger partial charge in [-0.2, -0.15) is 0 Å². The Bertz CT molecular complexity index is 508. The first-order chi connectivity index (χ1) is 10.3. The Balaban J connectivity index is 1.64. The van der Waals surface area contributed by atoms with Crippen LogP contribution in [0, 0.1) is 0 Å². The van der Waals surface area contributed by atoms with Crippen molar-refractivity contribution in [3.05, 3.63) is 65.7 Å². The van der Waals surface area contributed by atoms with Crippen LogP contribution in [0.3, 0.4) is 0 Å². The van der Waals surface area contributed by atoms with E-state index in [1.807, 2.05) is 54.6 Å². The summed E-state index contributed by atoms with van der Waals surface area (Å²) in [6, 6.07) is 17.8. The van der Waals surface area contributed by atoms with E-state index in [9.17, 15) is 5.11 Å². The zero-order valence-electron chi connectivity index (χ0n) is 12.4. The average molecular weight is 286 g/mol. The highest BCUT2D eigenvalue weighted by molar-refractivity contribution is 5.26. The van der Waals surface area contributed by atoms with E-state index in [-0.39, 0.29) is 6.10 Å². The number of rotatable bonds is 8. The summed E-state index contributed by atoms with van der Waals surface area (Å²) in [5.41, 5.74) is 2.26. The fourth-order valence-electron chi connectivity index (χ4n) is 2.12. The van der Waals surface area contributed by atoms with E-state index in [0.29, 0.717) is 26.1 Å². The van der Waals surface area contributed by atoms with Gasteiger partial charge in [-0.25, -0.2) is 0 Å². The maximum atomic E-state index is 9.97. The van der Waals surface area contributed by atoms with Gasteiger partial charge in [-0.15, -0.1) is 0 Å². The lowest BCUT2D eigenvalue weighted by molar-refractivity contribution is 0.0736. The molecule has 0 spiro atoms.